The third kappa shape index (κ3) is 5.74. The molecule has 0 atom stereocenters. The molecule has 0 unspecified atom stereocenters. The number of hydrogen-bond donors (Lipinski definition) is 0. The van der Waals surface area contributed by atoms with Crippen LogP contribution in [-0.4, -0.2) is 36.3 Å². The molecule has 2 aromatic rings. The molecule has 0 saturated carbocycles. The number of fused-ring (bicyclic) bond motifs is 1. The minimum Gasteiger partial charge on any atom is -0.493 e. The molecule has 0 aliphatic heterocycles. The molecule has 0 spiro atoms. The van der Waals surface area contributed by atoms with Crippen LogP contribution in [-0.2, 0) is 9.53 Å². The third-order valence-electron chi connectivity index (χ3n) is 3.71. The van der Waals surface area contributed by atoms with Gasteiger partial charge in [0.25, 0.3) is 0 Å². The molecule has 0 bridgehead atoms. The Bertz CT molecular complexity index is 709. The van der Waals surface area contributed by atoms with Crippen LogP contribution in [0.4, 0.5) is 0 Å². The van der Waals surface area contributed by atoms with Crippen molar-refractivity contribution in [3.8, 4) is 11.5 Å². The number of carbonyl (C=O) groups excluding carboxylic acids is 1. The van der Waals surface area contributed by atoms with Gasteiger partial charge >= 0.3 is 5.97 Å². The van der Waals surface area contributed by atoms with E-state index < -0.39 is 0 Å². The number of benzene rings is 1. The molecule has 0 aliphatic carbocycles. The SMILES string of the molecule is CCOC(=O)CCCCCCOc1cc2ncnc(Cl)c2cc1OC. The number of hydrogen-bond acceptors (Lipinski definition) is 6. The van der Waals surface area contributed by atoms with Crippen molar-refractivity contribution in [1.29, 1.82) is 0 Å². The second-order valence-corrected chi connectivity index (χ2v) is 5.86. The van der Waals surface area contributed by atoms with Crippen LogP contribution in [0.1, 0.15) is 39.0 Å². The summed E-state index contributed by atoms with van der Waals surface area (Å²) < 4.78 is 16.1. The number of halogens is 1. The van der Waals surface area contributed by atoms with Crippen LogP contribution in [0.25, 0.3) is 10.9 Å². The Morgan fingerprint density at radius 1 is 1.12 bits per heavy atom. The molecular formula is C18H23ClN2O4. The molecule has 2 rings (SSSR count). The summed E-state index contributed by atoms with van der Waals surface area (Å²) in [6.45, 7) is 2.83. The van der Waals surface area contributed by atoms with E-state index in [1.807, 2.05) is 13.0 Å². The fraction of sp³-hybridized carbons (Fsp3) is 0.500. The summed E-state index contributed by atoms with van der Waals surface area (Å²) in [6.07, 6.45) is 5.60. The minimum absolute atomic E-state index is 0.125. The van der Waals surface area contributed by atoms with Crippen molar-refractivity contribution in [3.63, 3.8) is 0 Å². The first-order valence-electron chi connectivity index (χ1n) is 8.42. The van der Waals surface area contributed by atoms with Crippen molar-refractivity contribution in [3.05, 3.63) is 23.6 Å². The minimum atomic E-state index is -0.125. The van der Waals surface area contributed by atoms with Crippen LogP contribution in [0.2, 0.25) is 5.15 Å². The zero-order valence-electron chi connectivity index (χ0n) is 14.6. The standard InChI is InChI=1S/C18H23ClN2O4/c1-3-24-17(22)8-6-4-5-7-9-25-16-11-14-13(10-15(16)23-2)18(19)21-12-20-14/h10-12H,3-9H2,1-2H3. The smallest absolute Gasteiger partial charge is 0.305 e. The molecule has 1 heterocycles. The van der Waals surface area contributed by atoms with E-state index in [9.17, 15) is 4.79 Å². The number of esters is 1. The number of methoxy groups -OCH3 is 1. The van der Waals surface area contributed by atoms with Gasteiger partial charge in [0.1, 0.15) is 11.5 Å². The summed E-state index contributed by atoms with van der Waals surface area (Å²) in [5.74, 6) is 1.11. The molecule has 1 aromatic heterocycles. The van der Waals surface area contributed by atoms with Gasteiger partial charge in [-0.05, 0) is 25.8 Å². The average Bonchev–Trinajstić information content (AvgIpc) is 2.61. The van der Waals surface area contributed by atoms with Gasteiger partial charge in [-0.2, -0.15) is 0 Å². The largest absolute Gasteiger partial charge is 0.493 e. The van der Waals surface area contributed by atoms with Crippen molar-refractivity contribution in [2.45, 2.75) is 39.0 Å². The summed E-state index contributed by atoms with van der Waals surface area (Å²) in [5.41, 5.74) is 0.713. The Kier molecular flexibility index (Phi) is 7.73. The molecule has 1 aromatic carbocycles. The number of ether oxygens (including phenoxy) is 3. The van der Waals surface area contributed by atoms with Gasteiger partial charge in [0.2, 0.25) is 0 Å². The summed E-state index contributed by atoms with van der Waals surface area (Å²) in [7, 11) is 1.58. The fourth-order valence-electron chi connectivity index (χ4n) is 2.45. The van der Waals surface area contributed by atoms with Crippen LogP contribution >= 0.6 is 11.6 Å². The van der Waals surface area contributed by atoms with E-state index in [0.29, 0.717) is 41.8 Å². The van der Waals surface area contributed by atoms with Gasteiger partial charge < -0.3 is 14.2 Å². The Balaban J connectivity index is 1.80. The maximum absolute atomic E-state index is 11.2. The van der Waals surface area contributed by atoms with Crippen LogP contribution in [0.15, 0.2) is 18.5 Å². The van der Waals surface area contributed by atoms with E-state index >= 15 is 0 Å². The molecule has 7 heteroatoms. The van der Waals surface area contributed by atoms with E-state index in [2.05, 4.69) is 9.97 Å². The van der Waals surface area contributed by atoms with Gasteiger partial charge in [0.15, 0.2) is 11.5 Å². The molecule has 0 N–H and O–H groups in total. The van der Waals surface area contributed by atoms with E-state index in [0.717, 1.165) is 31.1 Å². The molecule has 0 amide bonds. The third-order valence-corrected chi connectivity index (χ3v) is 4.01. The van der Waals surface area contributed by atoms with Gasteiger partial charge in [-0.1, -0.05) is 24.4 Å². The van der Waals surface area contributed by atoms with Gasteiger partial charge in [0.05, 0.1) is 25.8 Å². The maximum Gasteiger partial charge on any atom is 0.305 e. The van der Waals surface area contributed by atoms with Crippen molar-refractivity contribution in [1.82, 2.24) is 9.97 Å². The molecule has 0 fully saturated rings. The summed E-state index contributed by atoms with van der Waals surface area (Å²) in [5, 5.41) is 1.11. The number of rotatable bonds is 10. The van der Waals surface area contributed by atoms with Gasteiger partial charge in [0, 0.05) is 17.9 Å². The van der Waals surface area contributed by atoms with Crippen LogP contribution in [0.3, 0.4) is 0 Å². The highest BCUT2D eigenvalue weighted by atomic mass is 35.5. The molecule has 0 saturated heterocycles. The molecular weight excluding hydrogens is 344 g/mol. The predicted molar refractivity (Wildman–Crippen MR) is 96.3 cm³/mol. The van der Waals surface area contributed by atoms with Crippen LogP contribution in [0, 0.1) is 0 Å². The van der Waals surface area contributed by atoms with Crippen molar-refractivity contribution in [2.75, 3.05) is 20.3 Å². The first-order chi connectivity index (χ1) is 12.2. The average molecular weight is 367 g/mol. The lowest BCUT2D eigenvalue weighted by Gasteiger charge is -2.12. The Morgan fingerprint density at radius 3 is 2.68 bits per heavy atom. The molecule has 6 nitrogen and oxygen atoms in total. The van der Waals surface area contributed by atoms with Gasteiger partial charge in [-0.15, -0.1) is 0 Å². The zero-order chi connectivity index (χ0) is 18.1. The predicted octanol–water partition coefficient (Wildman–Crippen LogP) is 4.18. The van der Waals surface area contributed by atoms with Crippen molar-refractivity contribution < 1.29 is 19.0 Å². The lowest BCUT2D eigenvalue weighted by molar-refractivity contribution is -0.143. The number of carbonyl (C=O) groups is 1. The van der Waals surface area contributed by atoms with Crippen LogP contribution < -0.4 is 9.47 Å². The zero-order valence-corrected chi connectivity index (χ0v) is 15.3. The van der Waals surface area contributed by atoms with Crippen molar-refractivity contribution >= 4 is 28.5 Å². The topological polar surface area (TPSA) is 70.5 Å². The quantitative estimate of drug-likeness (QED) is 0.357. The van der Waals surface area contributed by atoms with E-state index in [-0.39, 0.29) is 5.97 Å². The highest BCUT2D eigenvalue weighted by molar-refractivity contribution is 6.34. The summed E-state index contributed by atoms with van der Waals surface area (Å²) in [6, 6.07) is 3.59. The summed E-state index contributed by atoms with van der Waals surface area (Å²) >= 11 is 6.08. The first kappa shape index (κ1) is 19.2. The number of aromatic nitrogens is 2. The second kappa shape index (κ2) is 10.0. The van der Waals surface area contributed by atoms with E-state index in [1.165, 1.54) is 6.33 Å². The lowest BCUT2D eigenvalue weighted by Crippen LogP contribution is -2.03. The van der Waals surface area contributed by atoms with E-state index in [1.54, 1.807) is 13.2 Å². The van der Waals surface area contributed by atoms with Crippen LogP contribution in [0.5, 0.6) is 11.5 Å². The van der Waals surface area contributed by atoms with E-state index in [4.69, 9.17) is 25.8 Å². The Hall–Kier alpha value is -2.08. The first-order valence-corrected chi connectivity index (χ1v) is 8.80. The number of unbranched alkanes of at least 4 members (excludes halogenated alkanes) is 3. The maximum atomic E-state index is 11.2. The molecule has 0 radical (unpaired) electrons. The fourth-order valence-corrected chi connectivity index (χ4v) is 2.64. The van der Waals surface area contributed by atoms with Gasteiger partial charge in [-0.3, -0.25) is 4.79 Å². The second-order valence-electron chi connectivity index (χ2n) is 5.50. The Morgan fingerprint density at radius 2 is 1.92 bits per heavy atom. The van der Waals surface area contributed by atoms with Gasteiger partial charge in [-0.25, -0.2) is 9.97 Å². The molecule has 136 valence electrons. The highest BCUT2D eigenvalue weighted by Crippen LogP contribution is 2.33. The normalized spacial score (nSPS) is 10.7. The molecule has 0 aliphatic rings. The monoisotopic (exact) mass is 366 g/mol. The number of nitrogens with zero attached hydrogens (tertiary/aromatic N) is 2. The Labute approximate surface area is 152 Å². The van der Waals surface area contributed by atoms with Crippen molar-refractivity contribution in [2.24, 2.45) is 0 Å². The summed E-state index contributed by atoms with van der Waals surface area (Å²) in [4.78, 5) is 19.4. The molecule has 25 heavy (non-hydrogen) atoms. The highest BCUT2D eigenvalue weighted by Gasteiger charge is 2.10. The lowest BCUT2D eigenvalue weighted by atomic mass is 10.1.